The van der Waals surface area contributed by atoms with Gasteiger partial charge >= 0.3 is 6.03 Å². The third kappa shape index (κ3) is 5.04. The number of hydrogen-bond acceptors (Lipinski definition) is 4. The van der Waals surface area contributed by atoms with Crippen LogP contribution in [0.4, 0.5) is 4.79 Å². The van der Waals surface area contributed by atoms with E-state index >= 15 is 0 Å². The fourth-order valence-corrected chi connectivity index (χ4v) is 2.56. The van der Waals surface area contributed by atoms with Gasteiger partial charge in [0.2, 0.25) is 5.91 Å². The number of carbonyl (C=O) groups excluding carboxylic acids is 2. The summed E-state index contributed by atoms with van der Waals surface area (Å²) >= 11 is 0. The lowest BCUT2D eigenvalue weighted by Crippen LogP contribution is -2.39. The Labute approximate surface area is 142 Å². The first kappa shape index (κ1) is 17.9. The Bertz CT molecular complexity index is 604. The predicted octanol–water partition coefficient (Wildman–Crippen LogP) is 1.34. The summed E-state index contributed by atoms with van der Waals surface area (Å²) < 4.78 is 11.4. The summed E-state index contributed by atoms with van der Waals surface area (Å²) in [5, 5.41) is 8.09. The fraction of sp³-hybridized carbons (Fsp3) is 0.529. The van der Waals surface area contributed by atoms with Crippen molar-refractivity contribution in [2.75, 3.05) is 19.7 Å². The standard InChI is InChI=1S/C17H25N3O4/c1-4-23-15-8-13-7-11(2)24-16(13)9-14(15)10-20-17(22)19-6-5-18-12(3)21/h8-9,11H,4-7,10H2,1-3H3,(H,18,21)(H2,19,20,22)/t11-/m0/s1. The summed E-state index contributed by atoms with van der Waals surface area (Å²) in [5.41, 5.74) is 2.01. The zero-order valence-corrected chi connectivity index (χ0v) is 14.4. The Kier molecular flexibility index (Phi) is 6.28. The molecule has 0 saturated carbocycles. The molecule has 0 aliphatic carbocycles. The topological polar surface area (TPSA) is 88.7 Å². The highest BCUT2D eigenvalue weighted by molar-refractivity contribution is 5.74. The third-order valence-electron chi connectivity index (χ3n) is 3.60. The van der Waals surface area contributed by atoms with Crippen LogP contribution in [0.2, 0.25) is 0 Å². The maximum Gasteiger partial charge on any atom is 0.315 e. The molecule has 0 spiro atoms. The first-order valence-corrected chi connectivity index (χ1v) is 8.21. The predicted molar refractivity (Wildman–Crippen MR) is 90.3 cm³/mol. The molecule has 1 atom stereocenters. The molecule has 1 aliphatic heterocycles. The number of nitrogens with one attached hydrogen (secondary N) is 3. The van der Waals surface area contributed by atoms with Crippen LogP contribution in [0, 0.1) is 0 Å². The van der Waals surface area contributed by atoms with Crippen LogP contribution in [0.1, 0.15) is 31.9 Å². The summed E-state index contributed by atoms with van der Waals surface area (Å²) in [6.07, 6.45) is 1.03. The molecule has 1 heterocycles. The second kappa shape index (κ2) is 8.42. The number of benzene rings is 1. The second-order valence-electron chi connectivity index (χ2n) is 5.73. The molecule has 0 radical (unpaired) electrons. The summed E-state index contributed by atoms with van der Waals surface area (Å²) in [5.74, 6) is 1.51. The van der Waals surface area contributed by atoms with Crippen molar-refractivity contribution in [1.82, 2.24) is 16.0 Å². The number of ether oxygens (including phenoxy) is 2. The van der Waals surface area contributed by atoms with Gasteiger partial charge in [0.15, 0.2) is 0 Å². The molecule has 0 fully saturated rings. The molecule has 132 valence electrons. The van der Waals surface area contributed by atoms with Gasteiger partial charge in [-0.05, 0) is 26.0 Å². The van der Waals surface area contributed by atoms with Crippen LogP contribution >= 0.6 is 0 Å². The van der Waals surface area contributed by atoms with Crippen molar-refractivity contribution in [3.8, 4) is 11.5 Å². The van der Waals surface area contributed by atoms with E-state index in [2.05, 4.69) is 16.0 Å². The van der Waals surface area contributed by atoms with Gasteiger partial charge in [0, 0.05) is 44.1 Å². The highest BCUT2D eigenvalue weighted by Gasteiger charge is 2.21. The monoisotopic (exact) mass is 335 g/mol. The van der Waals surface area contributed by atoms with E-state index in [1.54, 1.807) is 0 Å². The van der Waals surface area contributed by atoms with Gasteiger partial charge in [-0.3, -0.25) is 4.79 Å². The fourth-order valence-electron chi connectivity index (χ4n) is 2.56. The molecule has 7 heteroatoms. The van der Waals surface area contributed by atoms with Crippen LogP contribution in [0.15, 0.2) is 12.1 Å². The van der Waals surface area contributed by atoms with Gasteiger partial charge in [-0.2, -0.15) is 0 Å². The molecule has 0 unspecified atom stereocenters. The molecule has 24 heavy (non-hydrogen) atoms. The molecule has 1 aromatic carbocycles. The average molecular weight is 335 g/mol. The molecule has 1 aromatic rings. The molecular formula is C17H25N3O4. The Hall–Kier alpha value is -2.44. The van der Waals surface area contributed by atoms with E-state index in [1.165, 1.54) is 6.92 Å². The Morgan fingerprint density at radius 2 is 2.00 bits per heavy atom. The van der Waals surface area contributed by atoms with Crippen LogP contribution < -0.4 is 25.4 Å². The minimum Gasteiger partial charge on any atom is -0.494 e. The maximum absolute atomic E-state index is 11.8. The van der Waals surface area contributed by atoms with Crippen LogP contribution in [-0.2, 0) is 17.8 Å². The maximum atomic E-state index is 11.8. The van der Waals surface area contributed by atoms with Crippen LogP contribution in [-0.4, -0.2) is 37.7 Å². The molecule has 3 amide bonds. The molecule has 0 saturated heterocycles. The summed E-state index contributed by atoms with van der Waals surface area (Å²) in [4.78, 5) is 22.6. The Morgan fingerprint density at radius 1 is 1.25 bits per heavy atom. The molecular weight excluding hydrogens is 310 g/mol. The summed E-state index contributed by atoms with van der Waals surface area (Å²) in [6, 6.07) is 3.63. The number of fused-ring (bicyclic) bond motifs is 1. The first-order valence-electron chi connectivity index (χ1n) is 8.21. The normalized spacial score (nSPS) is 15.2. The van der Waals surface area contributed by atoms with Crippen molar-refractivity contribution >= 4 is 11.9 Å². The van der Waals surface area contributed by atoms with Gasteiger partial charge in [0.05, 0.1) is 6.61 Å². The average Bonchev–Trinajstić information content (AvgIpc) is 2.88. The molecule has 0 bridgehead atoms. The first-order chi connectivity index (χ1) is 11.5. The molecule has 3 N–H and O–H groups in total. The van der Waals surface area contributed by atoms with Gasteiger partial charge < -0.3 is 25.4 Å². The highest BCUT2D eigenvalue weighted by Crippen LogP contribution is 2.35. The molecule has 1 aliphatic rings. The van der Waals surface area contributed by atoms with Crippen molar-refractivity contribution in [3.05, 3.63) is 23.3 Å². The van der Waals surface area contributed by atoms with E-state index in [0.29, 0.717) is 26.2 Å². The SMILES string of the molecule is CCOc1cc2c(cc1CNC(=O)NCCNC(C)=O)O[C@@H](C)C2. The quantitative estimate of drug-likeness (QED) is 0.656. The van der Waals surface area contributed by atoms with E-state index in [4.69, 9.17) is 9.47 Å². The van der Waals surface area contributed by atoms with Gasteiger partial charge in [-0.1, -0.05) is 0 Å². The minimum absolute atomic E-state index is 0.120. The van der Waals surface area contributed by atoms with Crippen molar-refractivity contribution in [2.24, 2.45) is 0 Å². The molecule has 0 aromatic heterocycles. The lowest BCUT2D eigenvalue weighted by atomic mass is 10.1. The van der Waals surface area contributed by atoms with E-state index in [0.717, 1.165) is 29.0 Å². The van der Waals surface area contributed by atoms with Crippen LogP contribution in [0.3, 0.4) is 0 Å². The van der Waals surface area contributed by atoms with E-state index in [-0.39, 0.29) is 18.0 Å². The zero-order valence-electron chi connectivity index (χ0n) is 14.4. The van der Waals surface area contributed by atoms with E-state index in [9.17, 15) is 9.59 Å². The second-order valence-corrected chi connectivity index (χ2v) is 5.73. The van der Waals surface area contributed by atoms with Crippen molar-refractivity contribution in [1.29, 1.82) is 0 Å². The van der Waals surface area contributed by atoms with Gasteiger partial charge in [-0.15, -0.1) is 0 Å². The Balaban J connectivity index is 1.90. The number of amides is 3. The molecule has 2 rings (SSSR count). The van der Waals surface area contributed by atoms with E-state index in [1.807, 2.05) is 26.0 Å². The lowest BCUT2D eigenvalue weighted by Gasteiger charge is -2.14. The number of rotatable bonds is 7. The summed E-state index contributed by atoms with van der Waals surface area (Å²) in [7, 11) is 0. The van der Waals surface area contributed by atoms with E-state index < -0.39 is 0 Å². The van der Waals surface area contributed by atoms with Crippen LogP contribution in [0.5, 0.6) is 11.5 Å². The summed E-state index contributed by atoms with van der Waals surface area (Å²) in [6.45, 7) is 7.06. The number of urea groups is 1. The van der Waals surface area contributed by atoms with Gasteiger partial charge in [0.1, 0.15) is 17.6 Å². The van der Waals surface area contributed by atoms with Gasteiger partial charge in [-0.25, -0.2) is 4.79 Å². The smallest absolute Gasteiger partial charge is 0.315 e. The largest absolute Gasteiger partial charge is 0.494 e. The van der Waals surface area contributed by atoms with Crippen molar-refractivity contribution in [2.45, 2.75) is 39.8 Å². The highest BCUT2D eigenvalue weighted by atomic mass is 16.5. The number of hydrogen-bond donors (Lipinski definition) is 3. The third-order valence-corrected chi connectivity index (χ3v) is 3.60. The Morgan fingerprint density at radius 3 is 2.71 bits per heavy atom. The zero-order chi connectivity index (χ0) is 17.5. The minimum atomic E-state index is -0.294. The van der Waals surface area contributed by atoms with Crippen molar-refractivity contribution < 1.29 is 19.1 Å². The van der Waals surface area contributed by atoms with Gasteiger partial charge in [0.25, 0.3) is 0 Å². The van der Waals surface area contributed by atoms with Crippen LogP contribution in [0.25, 0.3) is 0 Å². The number of carbonyl (C=O) groups is 2. The lowest BCUT2D eigenvalue weighted by molar-refractivity contribution is -0.118. The molecule has 7 nitrogen and oxygen atoms in total. The van der Waals surface area contributed by atoms with Crippen molar-refractivity contribution in [3.63, 3.8) is 0 Å².